The van der Waals surface area contributed by atoms with E-state index in [1.165, 1.54) is 18.2 Å². The van der Waals surface area contributed by atoms with Crippen molar-refractivity contribution < 1.29 is 21.7 Å². The van der Waals surface area contributed by atoms with Gasteiger partial charge in [-0.1, -0.05) is 24.2 Å². The third-order valence-corrected chi connectivity index (χ3v) is 5.86. The molecule has 0 bridgehead atoms. The number of nitrogens with two attached hydrogens (primary N) is 1. The maximum Gasteiger partial charge on any atom is 0.238 e. The Kier molecular flexibility index (Phi) is 3.90. The smallest absolute Gasteiger partial charge is 0.238 e. The number of sulfonamides is 1. The molecule has 0 saturated heterocycles. The molecule has 0 spiro atoms. The van der Waals surface area contributed by atoms with Gasteiger partial charge in [0, 0.05) is 6.07 Å². The van der Waals surface area contributed by atoms with Gasteiger partial charge < -0.3 is 4.52 Å². The quantitative estimate of drug-likeness (QED) is 0.737. The second-order valence-electron chi connectivity index (χ2n) is 6.84. The number of primary sulfonamides is 1. The number of halogens is 2. The van der Waals surface area contributed by atoms with Gasteiger partial charge in [0.2, 0.25) is 21.7 Å². The molecule has 0 radical (unpaired) electrons. The molecule has 1 aliphatic carbocycles. The Morgan fingerprint density at radius 2 is 1.89 bits per heavy atom. The fraction of sp³-hybridized carbons (Fsp3) is 0.222. The van der Waals surface area contributed by atoms with E-state index in [-0.39, 0.29) is 22.2 Å². The van der Waals surface area contributed by atoms with E-state index < -0.39 is 27.1 Å². The lowest BCUT2D eigenvalue weighted by Gasteiger charge is -2.06. The monoisotopic (exact) mass is 391 g/mol. The normalized spacial score (nSPS) is 22.0. The molecule has 1 aliphatic rings. The summed E-state index contributed by atoms with van der Waals surface area (Å²) >= 11 is 0. The van der Waals surface area contributed by atoms with Crippen molar-refractivity contribution in [1.82, 2.24) is 10.1 Å². The first-order chi connectivity index (χ1) is 12.7. The molecule has 1 aromatic heterocycles. The van der Waals surface area contributed by atoms with Crippen molar-refractivity contribution in [2.45, 2.75) is 29.6 Å². The largest absolute Gasteiger partial charge is 0.338 e. The van der Waals surface area contributed by atoms with Crippen LogP contribution in [0.3, 0.4) is 0 Å². The van der Waals surface area contributed by atoms with E-state index in [1.54, 1.807) is 12.1 Å². The molecule has 2 aromatic carbocycles. The molecule has 9 heteroatoms. The summed E-state index contributed by atoms with van der Waals surface area (Å²) in [4.78, 5) is 4.32. The number of aromatic nitrogens is 2. The lowest BCUT2D eigenvalue weighted by molar-refractivity contribution is 0.350. The Hall–Kier alpha value is -2.65. The van der Waals surface area contributed by atoms with Gasteiger partial charge >= 0.3 is 0 Å². The number of rotatable bonds is 4. The molecule has 1 heterocycles. The van der Waals surface area contributed by atoms with Crippen LogP contribution < -0.4 is 5.14 Å². The summed E-state index contributed by atoms with van der Waals surface area (Å²) in [5.74, 6) is -0.991. The van der Waals surface area contributed by atoms with Crippen LogP contribution in [-0.2, 0) is 15.4 Å². The summed E-state index contributed by atoms with van der Waals surface area (Å²) in [5.41, 5.74) is 0.535. The molecule has 0 amide bonds. The molecule has 3 aromatic rings. The van der Waals surface area contributed by atoms with Crippen molar-refractivity contribution in [1.29, 1.82) is 0 Å². The Morgan fingerprint density at radius 1 is 1.19 bits per heavy atom. The van der Waals surface area contributed by atoms with Gasteiger partial charge in [-0.25, -0.2) is 22.3 Å². The molecular weight excluding hydrogens is 376 g/mol. The highest BCUT2D eigenvalue weighted by Crippen LogP contribution is 2.59. The average molecular weight is 391 g/mol. The topological polar surface area (TPSA) is 99.1 Å². The first kappa shape index (κ1) is 17.7. The van der Waals surface area contributed by atoms with Crippen molar-refractivity contribution in [2.24, 2.45) is 5.14 Å². The highest BCUT2D eigenvalue weighted by Gasteiger charge is 2.56. The van der Waals surface area contributed by atoms with Crippen molar-refractivity contribution >= 4 is 10.0 Å². The van der Waals surface area contributed by atoms with Gasteiger partial charge in [0.1, 0.15) is 11.6 Å². The zero-order chi connectivity index (χ0) is 19.4. The van der Waals surface area contributed by atoms with Crippen LogP contribution in [0.2, 0.25) is 0 Å². The molecule has 140 valence electrons. The highest BCUT2D eigenvalue weighted by molar-refractivity contribution is 7.89. The summed E-state index contributed by atoms with van der Waals surface area (Å²) in [6.45, 7) is 1.93. The minimum atomic E-state index is -3.74. The van der Waals surface area contributed by atoms with Crippen LogP contribution in [0, 0.1) is 11.6 Å². The van der Waals surface area contributed by atoms with Gasteiger partial charge in [-0.2, -0.15) is 4.98 Å². The van der Waals surface area contributed by atoms with Gasteiger partial charge in [0.15, 0.2) is 0 Å². The van der Waals surface area contributed by atoms with Crippen LogP contribution in [0.5, 0.6) is 0 Å². The fourth-order valence-electron chi connectivity index (χ4n) is 3.21. The van der Waals surface area contributed by atoms with E-state index in [9.17, 15) is 17.2 Å². The zero-order valence-corrected chi connectivity index (χ0v) is 15.0. The molecule has 2 unspecified atom stereocenters. The predicted octanol–water partition coefficient (Wildman–Crippen LogP) is 3.11. The van der Waals surface area contributed by atoms with E-state index in [0.717, 1.165) is 24.1 Å². The summed E-state index contributed by atoms with van der Waals surface area (Å²) in [6.07, 6.45) is 0.718. The van der Waals surface area contributed by atoms with Crippen LogP contribution in [0.25, 0.3) is 11.4 Å². The second kappa shape index (κ2) is 5.93. The average Bonchev–Trinajstić information content (AvgIpc) is 3.06. The molecule has 27 heavy (non-hydrogen) atoms. The number of hydrogen-bond donors (Lipinski definition) is 1. The minimum absolute atomic E-state index is 0.0421. The van der Waals surface area contributed by atoms with Crippen molar-refractivity contribution in [3.05, 3.63) is 65.6 Å². The minimum Gasteiger partial charge on any atom is -0.338 e. The molecule has 0 aliphatic heterocycles. The molecule has 1 saturated carbocycles. The van der Waals surface area contributed by atoms with Crippen LogP contribution in [0.15, 0.2) is 51.9 Å². The Labute approximate surface area is 154 Å². The summed E-state index contributed by atoms with van der Waals surface area (Å²) in [5, 5.41) is 8.92. The van der Waals surface area contributed by atoms with Crippen molar-refractivity contribution in [2.75, 3.05) is 0 Å². The third-order valence-electron chi connectivity index (χ3n) is 4.93. The van der Waals surface area contributed by atoms with Gasteiger partial charge in [0.25, 0.3) is 0 Å². The van der Waals surface area contributed by atoms with E-state index in [4.69, 9.17) is 9.66 Å². The van der Waals surface area contributed by atoms with Crippen molar-refractivity contribution in [3.63, 3.8) is 0 Å². The fourth-order valence-corrected chi connectivity index (χ4v) is 3.73. The molecular formula is C18H15F2N3O3S. The third kappa shape index (κ3) is 3.13. The van der Waals surface area contributed by atoms with E-state index in [2.05, 4.69) is 10.1 Å². The molecule has 6 nitrogen and oxygen atoms in total. The van der Waals surface area contributed by atoms with Gasteiger partial charge in [-0.05, 0) is 42.2 Å². The van der Waals surface area contributed by atoms with Crippen LogP contribution in [0.4, 0.5) is 8.78 Å². The summed E-state index contributed by atoms with van der Waals surface area (Å²) in [6, 6.07) is 9.47. The first-order valence-electron chi connectivity index (χ1n) is 8.11. The van der Waals surface area contributed by atoms with E-state index >= 15 is 0 Å². The highest BCUT2D eigenvalue weighted by atomic mass is 32.2. The van der Waals surface area contributed by atoms with Gasteiger partial charge in [0.05, 0.1) is 15.9 Å². The van der Waals surface area contributed by atoms with E-state index in [1.807, 2.05) is 6.92 Å². The first-order valence-corrected chi connectivity index (χ1v) is 9.65. The number of nitrogens with zero attached hydrogens (tertiary/aromatic N) is 2. The molecule has 4 rings (SSSR count). The Bertz CT molecular complexity index is 1130. The summed E-state index contributed by atoms with van der Waals surface area (Å²) in [7, 11) is -3.74. The van der Waals surface area contributed by atoms with Crippen LogP contribution in [0.1, 0.15) is 30.7 Å². The lowest BCUT2D eigenvalue weighted by Crippen LogP contribution is -2.12. The van der Waals surface area contributed by atoms with Gasteiger partial charge in [-0.3, -0.25) is 0 Å². The molecule has 1 fully saturated rings. The van der Waals surface area contributed by atoms with E-state index in [0.29, 0.717) is 5.89 Å². The van der Waals surface area contributed by atoms with Gasteiger partial charge in [-0.15, -0.1) is 0 Å². The second-order valence-corrected chi connectivity index (χ2v) is 8.40. The standard InChI is InChI=1S/C18H15F2N3O3S/c1-18(9-14(18)10-2-5-12(6-3-10)27(21,24)25)17-22-16(23-26-17)13-7-4-11(19)8-15(13)20/h2-8,14H,9H2,1H3,(H2,21,24,25). The lowest BCUT2D eigenvalue weighted by atomic mass is 10.0. The Balaban J connectivity index is 1.59. The number of benzene rings is 2. The van der Waals surface area contributed by atoms with Crippen molar-refractivity contribution in [3.8, 4) is 11.4 Å². The number of hydrogen-bond acceptors (Lipinski definition) is 5. The predicted molar refractivity (Wildman–Crippen MR) is 92.2 cm³/mol. The zero-order valence-electron chi connectivity index (χ0n) is 14.2. The Morgan fingerprint density at radius 3 is 2.52 bits per heavy atom. The maximum atomic E-state index is 13.9. The van der Waals surface area contributed by atoms with Crippen LogP contribution in [-0.4, -0.2) is 18.6 Å². The summed E-state index contributed by atoms with van der Waals surface area (Å²) < 4.78 is 55.0. The molecule has 2 atom stereocenters. The van der Waals surface area contributed by atoms with Crippen LogP contribution >= 0.6 is 0 Å². The molecule has 2 N–H and O–H groups in total. The SMILES string of the molecule is CC1(c2nc(-c3ccc(F)cc3F)no2)CC1c1ccc(S(N)(=O)=O)cc1. The maximum absolute atomic E-state index is 13.9.